The van der Waals surface area contributed by atoms with Crippen LogP contribution in [-0.2, 0) is 0 Å². The Morgan fingerprint density at radius 2 is 2.14 bits per heavy atom. The Hall–Kier alpha value is -2.18. The molecule has 2 rings (SSSR count). The van der Waals surface area contributed by atoms with Crippen molar-refractivity contribution in [1.29, 1.82) is 0 Å². The van der Waals surface area contributed by atoms with Gasteiger partial charge in [0.2, 0.25) is 0 Å². The summed E-state index contributed by atoms with van der Waals surface area (Å²) in [5.74, 6) is -1.98. The first-order valence-electron chi connectivity index (χ1n) is 6.86. The van der Waals surface area contributed by atoms with Crippen molar-refractivity contribution in [2.75, 3.05) is 18.0 Å². The molecule has 1 aromatic carbocycles. The molecule has 1 heterocycles. The summed E-state index contributed by atoms with van der Waals surface area (Å²) < 4.78 is 13.6. The van der Waals surface area contributed by atoms with Crippen LogP contribution in [0.25, 0.3) is 0 Å². The Bertz CT molecular complexity index is 576. The largest absolute Gasteiger partial charge is 0.478 e. The van der Waals surface area contributed by atoms with E-state index in [1.807, 2.05) is 0 Å². The average molecular weight is 296 g/mol. The van der Waals surface area contributed by atoms with Crippen LogP contribution in [0, 0.1) is 21.8 Å². The van der Waals surface area contributed by atoms with Crippen LogP contribution in [0.1, 0.15) is 36.5 Å². The van der Waals surface area contributed by atoms with Gasteiger partial charge in [-0.1, -0.05) is 6.92 Å². The van der Waals surface area contributed by atoms with Crippen LogP contribution in [0.5, 0.6) is 0 Å². The lowest BCUT2D eigenvalue weighted by atomic mass is 10.0. The van der Waals surface area contributed by atoms with Crippen molar-refractivity contribution in [2.24, 2.45) is 5.92 Å². The Balaban J connectivity index is 2.46. The minimum Gasteiger partial charge on any atom is -0.478 e. The normalized spacial score (nSPS) is 19.1. The Kier molecular flexibility index (Phi) is 4.40. The molecule has 21 heavy (non-hydrogen) atoms. The van der Waals surface area contributed by atoms with Crippen LogP contribution >= 0.6 is 0 Å². The number of carbonyl (C=O) groups is 1. The smallest absolute Gasteiger partial charge is 0.338 e. The number of aromatic carboxylic acids is 1. The maximum Gasteiger partial charge on any atom is 0.338 e. The minimum absolute atomic E-state index is 0.188. The Morgan fingerprint density at radius 3 is 2.76 bits per heavy atom. The van der Waals surface area contributed by atoms with Gasteiger partial charge in [0.05, 0.1) is 16.6 Å². The molecule has 114 valence electrons. The molecule has 7 heteroatoms. The fourth-order valence-corrected chi connectivity index (χ4v) is 2.62. The van der Waals surface area contributed by atoms with Gasteiger partial charge in [0, 0.05) is 13.1 Å². The second-order valence-electron chi connectivity index (χ2n) is 5.41. The molecule has 1 unspecified atom stereocenters. The number of benzene rings is 1. The van der Waals surface area contributed by atoms with Gasteiger partial charge in [-0.25, -0.2) is 9.18 Å². The van der Waals surface area contributed by atoms with Gasteiger partial charge < -0.3 is 10.0 Å². The first kappa shape index (κ1) is 15.2. The number of halogens is 1. The molecule has 0 bridgehead atoms. The summed E-state index contributed by atoms with van der Waals surface area (Å²) in [5.41, 5.74) is -0.729. The number of nitrogens with zero attached hydrogens (tertiary/aromatic N) is 2. The number of hydrogen-bond donors (Lipinski definition) is 1. The molecule has 1 saturated heterocycles. The van der Waals surface area contributed by atoms with E-state index in [4.69, 9.17) is 5.11 Å². The SMILES string of the molecule is CC1CCCN(c2cc(C(=O)O)c(F)cc2[N+](=O)[O-])CC1. The molecule has 0 amide bonds. The van der Waals surface area contributed by atoms with Crippen molar-refractivity contribution < 1.29 is 19.2 Å². The molecule has 0 aliphatic carbocycles. The van der Waals surface area contributed by atoms with Crippen molar-refractivity contribution in [3.8, 4) is 0 Å². The number of rotatable bonds is 3. The van der Waals surface area contributed by atoms with Gasteiger partial charge in [0.15, 0.2) is 0 Å². The van der Waals surface area contributed by atoms with E-state index in [0.717, 1.165) is 25.3 Å². The van der Waals surface area contributed by atoms with E-state index in [2.05, 4.69) is 6.92 Å². The molecule has 1 fully saturated rings. The third-order valence-corrected chi connectivity index (χ3v) is 3.85. The van der Waals surface area contributed by atoms with Crippen LogP contribution in [0.4, 0.5) is 15.8 Å². The van der Waals surface area contributed by atoms with E-state index in [-0.39, 0.29) is 11.4 Å². The molecule has 1 atom stereocenters. The van der Waals surface area contributed by atoms with Gasteiger partial charge >= 0.3 is 5.97 Å². The molecular formula is C14H17FN2O4. The highest BCUT2D eigenvalue weighted by molar-refractivity contribution is 5.90. The van der Waals surface area contributed by atoms with Crippen molar-refractivity contribution in [2.45, 2.75) is 26.2 Å². The molecule has 0 aromatic heterocycles. The van der Waals surface area contributed by atoms with Crippen LogP contribution < -0.4 is 4.90 Å². The fraction of sp³-hybridized carbons (Fsp3) is 0.500. The summed E-state index contributed by atoms with van der Waals surface area (Å²) in [6, 6.07) is 1.78. The number of anilines is 1. The quantitative estimate of drug-likeness (QED) is 0.684. The van der Waals surface area contributed by atoms with Crippen LogP contribution in [-0.4, -0.2) is 29.1 Å². The summed E-state index contributed by atoms with van der Waals surface area (Å²) in [6.45, 7) is 3.33. The van der Waals surface area contributed by atoms with E-state index in [9.17, 15) is 19.3 Å². The van der Waals surface area contributed by atoms with E-state index in [1.165, 1.54) is 0 Å². The highest BCUT2D eigenvalue weighted by atomic mass is 19.1. The molecule has 1 N–H and O–H groups in total. The van der Waals surface area contributed by atoms with Crippen LogP contribution in [0.2, 0.25) is 0 Å². The lowest BCUT2D eigenvalue weighted by Crippen LogP contribution is -2.25. The zero-order chi connectivity index (χ0) is 15.6. The maximum atomic E-state index is 13.6. The first-order chi connectivity index (χ1) is 9.90. The predicted octanol–water partition coefficient (Wildman–Crippen LogP) is 3.06. The summed E-state index contributed by atoms with van der Waals surface area (Å²) in [7, 11) is 0. The Labute approximate surface area is 121 Å². The van der Waals surface area contributed by atoms with E-state index >= 15 is 0 Å². The number of carboxylic acid groups (broad SMARTS) is 1. The van der Waals surface area contributed by atoms with E-state index in [1.54, 1.807) is 4.90 Å². The van der Waals surface area contributed by atoms with Gasteiger partial charge in [-0.05, 0) is 31.2 Å². The number of carboxylic acids is 1. The third-order valence-electron chi connectivity index (χ3n) is 3.85. The van der Waals surface area contributed by atoms with Crippen molar-refractivity contribution in [1.82, 2.24) is 0 Å². The highest BCUT2D eigenvalue weighted by Crippen LogP contribution is 2.33. The third kappa shape index (κ3) is 3.29. The molecular weight excluding hydrogens is 279 g/mol. The molecule has 6 nitrogen and oxygen atoms in total. The van der Waals surface area contributed by atoms with Crippen LogP contribution in [0.15, 0.2) is 12.1 Å². The summed E-state index contributed by atoms with van der Waals surface area (Å²) >= 11 is 0. The Morgan fingerprint density at radius 1 is 1.43 bits per heavy atom. The van der Waals surface area contributed by atoms with Crippen molar-refractivity contribution in [3.63, 3.8) is 0 Å². The van der Waals surface area contributed by atoms with Gasteiger partial charge in [0.1, 0.15) is 11.5 Å². The second-order valence-corrected chi connectivity index (χ2v) is 5.41. The van der Waals surface area contributed by atoms with E-state index < -0.39 is 22.3 Å². The second kappa shape index (κ2) is 6.07. The zero-order valence-electron chi connectivity index (χ0n) is 11.7. The lowest BCUT2D eigenvalue weighted by Gasteiger charge is -2.23. The van der Waals surface area contributed by atoms with Gasteiger partial charge in [-0.3, -0.25) is 10.1 Å². The maximum absolute atomic E-state index is 13.6. The molecule has 1 aliphatic heterocycles. The lowest BCUT2D eigenvalue weighted by molar-refractivity contribution is -0.384. The number of hydrogen-bond acceptors (Lipinski definition) is 4. The number of nitro groups is 1. The van der Waals surface area contributed by atoms with Crippen molar-refractivity contribution >= 4 is 17.3 Å². The minimum atomic E-state index is -1.42. The standard InChI is InChI=1S/C14H17FN2O4/c1-9-3-2-5-16(6-4-9)12-7-10(14(18)19)11(15)8-13(12)17(20)21/h7-9H,2-6H2,1H3,(H,18,19). The molecule has 1 aliphatic rings. The van der Waals surface area contributed by atoms with Gasteiger partial charge in [-0.2, -0.15) is 0 Å². The topological polar surface area (TPSA) is 83.7 Å². The monoisotopic (exact) mass is 296 g/mol. The molecule has 1 aromatic rings. The van der Waals surface area contributed by atoms with Gasteiger partial charge in [-0.15, -0.1) is 0 Å². The zero-order valence-corrected chi connectivity index (χ0v) is 11.7. The van der Waals surface area contributed by atoms with E-state index in [0.29, 0.717) is 25.1 Å². The fourth-order valence-electron chi connectivity index (χ4n) is 2.62. The van der Waals surface area contributed by atoms with Crippen LogP contribution in [0.3, 0.4) is 0 Å². The molecule has 0 spiro atoms. The number of nitro benzene ring substituents is 1. The van der Waals surface area contributed by atoms with Gasteiger partial charge in [0.25, 0.3) is 5.69 Å². The van der Waals surface area contributed by atoms with Crippen molar-refractivity contribution in [3.05, 3.63) is 33.6 Å². The summed E-state index contributed by atoms with van der Waals surface area (Å²) in [4.78, 5) is 23.3. The summed E-state index contributed by atoms with van der Waals surface area (Å²) in [5, 5.41) is 20.1. The molecule has 0 saturated carbocycles. The highest BCUT2D eigenvalue weighted by Gasteiger charge is 2.26. The molecule has 0 radical (unpaired) electrons. The predicted molar refractivity (Wildman–Crippen MR) is 75.2 cm³/mol. The average Bonchev–Trinajstić information content (AvgIpc) is 2.62. The first-order valence-corrected chi connectivity index (χ1v) is 6.86. The summed E-state index contributed by atoms with van der Waals surface area (Å²) in [6.07, 6.45) is 2.77.